The van der Waals surface area contributed by atoms with E-state index in [1.165, 1.54) is 53.8 Å². The third-order valence-corrected chi connectivity index (χ3v) is 6.24. The molecule has 2 aliphatic rings. The molecule has 1 aliphatic carbocycles. The number of hydrogen-bond donors (Lipinski definition) is 0. The molecule has 3 heteroatoms. The monoisotopic (exact) mass is 320 g/mol. The van der Waals surface area contributed by atoms with Crippen LogP contribution in [0.4, 0.5) is 5.69 Å². The summed E-state index contributed by atoms with van der Waals surface area (Å²) >= 11 is 0. The fourth-order valence-electron chi connectivity index (χ4n) is 5.25. The van der Waals surface area contributed by atoms with Gasteiger partial charge in [0.2, 0.25) is 0 Å². The highest BCUT2D eigenvalue weighted by Crippen LogP contribution is 2.59. The molecule has 1 aliphatic heterocycles. The standard InChI is InChI=1S/C21H24N2O/c1-14-8-4-5-9-16(14)23-15(2)20-18(21(23)11-6-7-12-21)19-17(24-20)10-13-22(19)3/h4-5,8-10,13,15H,6-7,11-12H2,1-3H3. The van der Waals surface area contributed by atoms with Crippen LogP contribution in [0.25, 0.3) is 11.1 Å². The predicted octanol–water partition coefficient (Wildman–Crippen LogP) is 5.43. The lowest BCUT2D eigenvalue weighted by atomic mass is 9.88. The van der Waals surface area contributed by atoms with Crippen molar-refractivity contribution in [3.63, 3.8) is 0 Å². The van der Waals surface area contributed by atoms with E-state index in [1.807, 2.05) is 0 Å². The number of nitrogens with zero attached hydrogens (tertiary/aromatic N) is 2. The molecule has 1 atom stereocenters. The molecule has 3 nitrogen and oxygen atoms in total. The molecule has 3 heterocycles. The molecule has 1 saturated carbocycles. The Balaban J connectivity index is 1.81. The maximum atomic E-state index is 6.36. The fraction of sp³-hybridized carbons (Fsp3) is 0.429. The first-order valence-corrected chi connectivity index (χ1v) is 9.07. The molecule has 0 bridgehead atoms. The lowest BCUT2D eigenvalue weighted by Crippen LogP contribution is -2.40. The van der Waals surface area contributed by atoms with Crippen molar-refractivity contribution in [1.29, 1.82) is 0 Å². The van der Waals surface area contributed by atoms with Crippen molar-refractivity contribution in [2.75, 3.05) is 4.90 Å². The molecule has 0 N–H and O–H groups in total. The van der Waals surface area contributed by atoms with Crippen LogP contribution in [0.1, 0.15) is 55.5 Å². The maximum absolute atomic E-state index is 6.36. The van der Waals surface area contributed by atoms with Crippen LogP contribution in [-0.2, 0) is 12.6 Å². The molecule has 24 heavy (non-hydrogen) atoms. The van der Waals surface area contributed by atoms with Gasteiger partial charge in [0.15, 0.2) is 5.58 Å². The van der Waals surface area contributed by atoms with Crippen LogP contribution >= 0.6 is 0 Å². The van der Waals surface area contributed by atoms with E-state index >= 15 is 0 Å². The van der Waals surface area contributed by atoms with Crippen LogP contribution in [0.3, 0.4) is 0 Å². The minimum absolute atomic E-state index is 0.0955. The number of furan rings is 1. The largest absolute Gasteiger partial charge is 0.457 e. The molecule has 1 spiro atoms. The summed E-state index contributed by atoms with van der Waals surface area (Å²) in [6.45, 7) is 4.53. The highest BCUT2D eigenvalue weighted by molar-refractivity contribution is 5.84. The van der Waals surface area contributed by atoms with E-state index in [4.69, 9.17) is 4.42 Å². The fourth-order valence-corrected chi connectivity index (χ4v) is 5.25. The van der Waals surface area contributed by atoms with E-state index in [0.717, 1.165) is 5.58 Å². The number of aromatic nitrogens is 1. The summed E-state index contributed by atoms with van der Waals surface area (Å²) in [7, 11) is 2.14. The molecule has 124 valence electrons. The number of para-hydroxylation sites is 1. The van der Waals surface area contributed by atoms with Gasteiger partial charge in [-0.3, -0.25) is 0 Å². The Hall–Kier alpha value is -2.16. The predicted molar refractivity (Wildman–Crippen MR) is 97.4 cm³/mol. The molecule has 1 fully saturated rings. The van der Waals surface area contributed by atoms with Gasteiger partial charge in [-0.05, 0) is 44.4 Å². The average Bonchev–Trinajstić information content (AvgIpc) is 3.29. The molecule has 5 rings (SSSR count). The van der Waals surface area contributed by atoms with Crippen LogP contribution in [-0.4, -0.2) is 4.57 Å². The van der Waals surface area contributed by atoms with Crippen molar-refractivity contribution in [1.82, 2.24) is 4.57 Å². The lowest BCUT2D eigenvalue weighted by Gasteiger charge is -2.41. The summed E-state index contributed by atoms with van der Waals surface area (Å²) in [6.07, 6.45) is 7.16. The van der Waals surface area contributed by atoms with E-state index < -0.39 is 0 Å². The second-order valence-electron chi connectivity index (χ2n) is 7.55. The molecule has 1 unspecified atom stereocenters. The zero-order valence-electron chi connectivity index (χ0n) is 14.7. The third kappa shape index (κ3) is 1.58. The Morgan fingerprint density at radius 3 is 2.62 bits per heavy atom. The highest BCUT2D eigenvalue weighted by atomic mass is 16.3. The summed E-state index contributed by atoms with van der Waals surface area (Å²) in [4.78, 5) is 2.66. The van der Waals surface area contributed by atoms with E-state index in [2.05, 4.69) is 66.9 Å². The lowest BCUT2D eigenvalue weighted by molar-refractivity contribution is 0.410. The number of hydrogen-bond acceptors (Lipinski definition) is 2. The second kappa shape index (κ2) is 4.69. The normalized spacial score (nSPS) is 22.0. The molecule has 3 aromatic rings. The zero-order chi connectivity index (χ0) is 16.5. The van der Waals surface area contributed by atoms with E-state index in [9.17, 15) is 0 Å². The summed E-state index contributed by atoms with van der Waals surface area (Å²) in [6, 6.07) is 11.2. The molecule has 1 aromatic carbocycles. The van der Waals surface area contributed by atoms with Gasteiger partial charge < -0.3 is 13.9 Å². The Morgan fingerprint density at radius 1 is 1.12 bits per heavy atom. The first-order chi connectivity index (χ1) is 11.6. The summed E-state index contributed by atoms with van der Waals surface area (Å²) in [5.41, 5.74) is 6.61. The smallest absolute Gasteiger partial charge is 0.152 e. The topological polar surface area (TPSA) is 21.3 Å². The molecular formula is C21H24N2O. The van der Waals surface area contributed by atoms with E-state index in [0.29, 0.717) is 0 Å². The Labute approximate surface area is 142 Å². The van der Waals surface area contributed by atoms with Gasteiger partial charge >= 0.3 is 0 Å². The quantitative estimate of drug-likeness (QED) is 0.596. The number of aryl methyl sites for hydroxylation is 2. The van der Waals surface area contributed by atoms with Gasteiger partial charge in [-0.2, -0.15) is 0 Å². The van der Waals surface area contributed by atoms with Gasteiger partial charge in [0.25, 0.3) is 0 Å². The minimum atomic E-state index is 0.0955. The molecule has 0 radical (unpaired) electrons. The van der Waals surface area contributed by atoms with Crippen LogP contribution < -0.4 is 4.90 Å². The number of rotatable bonds is 1. The average molecular weight is 320 g/mol. The van der Waals surface area contributed by atoms with Crippen molar-refractivity contribution in [3.05, 3.63) is 53.4 Å². The molecule has 2 aromatic heterocycles. The summed E-state index contributed by atoms with van der Waals surface area (Å²) in [5.74, 6) is 1.18. The van der Waals surface area contributed by atoms with Crippen LogP contribution in [0.15, 0.2) is 40.9 Å². The van der Waals surface area contributed by atoms with Crippen molar-refractivity contribution in [3.8, 4) is 0 Å². The summed E-state index contributed by atoms with van der Waals surface area (Å²) in [5, 5.41) is 0. The number of fused-ring (bicyclic) bond motifs is 4. The zero-order valence-corrected chi connectivity index (χ0v) is 14.7. The van der Waals surface area contributed by atoms with Crippen LogP contribution in [0.2, 0.25) is 0 Å². The number of anilines is 1. The first kappa shape index (κ1) is 14.2. The van der Waals surface area contributed by atoms with Gasteiger partial charge in [0.1, 0.15) is 5.76 Å². The Morgan fingerprint density at radius 2 is 1.88 bits per heavy atom. The van der Waals surface area contributed by atoms with Crippen LogP contribution in [0, 0.1) is 6.92 Å². The maximum Gasteiger partial charge on any atom is 0.152 e. The minimum Gasteiger partial charge on any atom is -0.457 e. The van der Waals surface area contributed by atoms with Crippen molar-refractivity contribution in [2.45, 2.75) is 51.1 Å². The highest BCUT2D eigenvalue weighted by Gasteiger charge is 2.54. The third-order valence-electron chi connectivity index (χ3n) is 6.24. The summed E-state index contributed by atoms with van der Waals surface area (Å²) < 4.78 is 8.60. The molecular weight excluding hydrogens is 296 g/mol. The van der Waals surface area contributed by atoms with Crippen molar-refractivity contribution >= 4 is 16.8 Å². The van der Waals surface area contributed by atoms with E-state index in [-0.39, 0.29) is 11.6 Å². The second-order valence-corrected chi connectivity index (χ2v) is 7.55. The van der Waals surface area contributed by atoms with Gasteiger partial charge in [-0.1, -0.05) is 31.0 Å². The van der Waals surface area contributed by atoms with Gasteiger partial charge in [0.05, 0.1) is 17.1 Å². The van der Waals surface area contributed by atoms with Gasteiger partial charge in [-0.15, -0.1) is 0 Å². The SMILES string of the molecule is Cc1ccccc1N1C(C)c2oc3ccn(C)c3c2C12CCCC2. The van der Waals surface area contributed by atoms with Crippen molar-refractivity contribution in [2.24, 2.45) is 7.05 Å². The molecule has 0 amide bonds. The molecule has 0 saturated heterocycles. The van der Waals surface area contributed by atoms with E-state index in [1.54, 1.807) is 0 Å². The van der Waals surface area contributed by atoms with Crippen molar-refractivity contribution < 1.29 is 4.42 Å². The van der Waals surface area contributed by atoms with Crippen LogP contribution in [0.5, 0.6) is 0 Å². The number of benzene rings is 1. The first-order valence-electron chi connectivity index (χ1n) is 9.07. The Kier molecular flexibility index (Phi) is 2.77. The Bertz CT molecular complexity index is 927. The van der Waals surface area contributed by atoms with Gasteiger partial charge in [0, 0.05) is 24.5 Å². The van der Waals surface area contributed by atoms with Gasteiger partial charge in [-0.25, -0.2) is 0 Å².